The lowest BCUT2D eigenvalue weighted by molar-refractivity contribution is 0.0905. The van der Waals surface area contributed by atoms with Crippen molar-refractivity contribution in [1.82, 2.24) is 35.2 Å². The summed E-state index contributed by atoms with van der Waals surface area (Å²) in [6, 6.07) is 3.35. The number of H-pyrrole nitrogens is 4. The minimum atomic E-state index is -0.733. The molecule has 0 spiro atoms. The van der Waals surface area contributed by atoms with Gasteiger partial charge >= 0.3 is 0 Å². The van der Waals surface area contributed by atoms with Crippen LogP contribution in [0.2, 0.25) is 0 Å². The summed E-state index contributed by atoms with van der Waals surface area (Å²) in [4.78, 5) is 46.5. The van der Waals surface area contributed by atoms with Crippen LogP contribution in [0.15, 0.2) is 42.6 Å². The van der Waals surface area contributed by atoms with Gasteiger partial charge in [-0.05, 0) is 81.9 Å². The topological polar surface area (TPSA) is 213 Å². The molecule has 0 aliphatic carbocycles. The van der Waals surface area contributed by atoms with E-state index in [0.717, 1.165) is 4.47 Å². The third kappa shape index (κ3) is 6.14. The Bertz CT molecular complexity index is 1460. The van der Waals surface area contributed by atoms with Crippen LogP contribution in [0.1, 0.15) is 44.0 Å². The van der Waals surface area contributed by atoms with E-state index in [1.54, 1.807) is 30.5 Å². The highest BCUT2D eigenvalue weighted by molar-refractivity contribution is 9.13. The summed E-state index contributed by atoms with van der Waals surface area (Å²) in [5, 5.41) is 2.79. The number of rotatable bonds is 10. The summed E-state index contributed by atoms with van der Waals surface area (Å²) in [6.07, 6.45) is 4.98. The number of hydrogen-bond donors (Lipinski definition) is 8. The van der Waals surface area contributed by atoms with Gasteiger partial charge in [0.1, 0.15) is 5.69 Å². The first-order valence-electron chi connectivity index (χ1n) is 11.0. The number of anilines is 2. The second-order valence-electron chi connectivity index (χ2n) is 8.13. The van der Waals surface area contributed by atoms with Gasteiger partial charge in [0.2, 0.25) is 0 Å². The number of halogens is 4. The van der Waals surface area contributed by atoms with Crippen LogP contribution in [0.4, 0.5) is 11.9 Å². The maximum absolute atomic E-state index is 13.6. The molecule has 0 saturated carbocycles. The van der Waals surface area contributed by atoms with Crippen LogP contribution < -0.4 is 22.5 Å². The van der Waals surface area contributed by atoms with Crippen LogP contribution >= 0.6 is 63.7 Å². The fourth-order valence-corrected chi connectivity index (χ4v) is 5.25. The van der Waals surface area contributed by atoms with Crippen molar-refractivity contribution in [2.45, 2.75) is 5.92 Å². The third-order valence-electron chi connectivity index (χ3n) is 5.65. The largest absolute Gasteiger partial charge is 0.369 e. The zero-order valence-electron chi connectivity index (χ0n) is 19.4. The molecule has 4 rings (SSSR count). The summed E-state index contributed by atoms with van der Waals surface area (Å²) in [5.41, 5.74) is 20.4. The number of aromatic amines is 4. The Morgan fingerprint density at radius 2 is 1.63 bits per heavy atom. The zero-order valence-corrected chi connectivity index (χ0v) is 25.8. The number of carbonyl (C=O) groups is 2. The Morgan fingerprint density at radius 1 is 0.974 bits per heavy atom. The minimum absolute atomic E-state index is 0.0100. The molecule has 0 fully saturated rings. The first-order valence-corrected chi connectivity index (χ1v) is 14.2. The first-order chi connectivity index (χ1) is 18.1. The highest BCUT2D eigenvalue weighted by atomic mass is 79.9. The lowest BCUT2D eigenvalue weighted by Crippen LogP contribution is -2.31. The molecule has 0 aromatic carbocycles. The maximum Gasteiger partial charge on any atom is 0.268 e. The van der Waals surface area contributed by atoms with E-state index in [2.05, 4.69) is 98.9 Å². The van der Waals surface area contributed by atoms with Gasteiger partial charge in [-0.2, -0.15) is 0 Å². The Labute approximate surface area is 249 Å². The number of nitrogens with one attached hydrogen (secondary N) is 5. The standard InChI is InChI=1S/C22H22Br4N10O2/c23-9-4-12(32-18(9)25)17(37)8(6-27)15(14-7-31-21(28)35-14)16-11(34-22(29)36-16)2-1-3-30-20(38)13-5-10(24)19(26)33-13/h1-2,4-5,7-8,15,32-33H,3,6,27H2,(H,30,38)(H3,28,31,35)(H3,29,34,36). The van der Waals surface area contributed by atoms with Crippen molar-refractivity contribution >= 4 is 93.4 Å². The molecule has 1 amide bonds. The first kappa shape index (κ1) is 28.4. The van der Waals surface area contributed by atoms with Gasteiger partial charge in [0.05, 0.1) is 53.3 Å². The van der Waals surface area contributed by atoms with Crippen molar-refractivity contribution in [2.24, 2.45) is 11.7 Å². The fraction of sp³-hybridized carbons (Fsp3) is 0.182. The van der Waals surface area contributed by atoms with E-state index >= 15 is 0 Å². The van der Waals surface area contributed by atoms with E-state index in [1.807, 2.05) is 0 Å². The monoisotopic (exact) mass is 774 g/mol. The van der Waals surface area contributed by atoms with E-state index in [4.69, 9.17) is 17.2 Å². The molecule has 11 N–H and O–H groups in total. The van der Waals surface area contributed by atoms with Crippen molar-refractivity contribution in [3.63, 3.8) is 0 Å². The third-order valence-corrected chi connectivity index (χ3v) is 9.22. The number of ketones is 1. The fourth-order valence-electron chi connectivity index (χ4n) is 3.94. The number of nitrogens with two attached hydrogens (primary N) is 3. The number of Topliss-reactive ketones (excluding diaryl/α,β-unsaturated/α-hetero) is 1. The molecule has 4 heterocycles. The number of carbonyl (C=O) groups excluding carboxylic acids is 2. The highest BCUT2D eigenvalue weighted by Gasteiger charge is 2.35. The van der Waals surface area contributed by atoms with Crippen molar-refractivity contribution in [3.05, 3.63) is 71.0 Å². The molecule has 2 unspecified atom stereocenters. The summed E-state index contributed by atoms with van der Waals surface area (Å²) >= 11 is 13.4. The van der Waals surface area contributed by atoms with Crippen molar-refractivity contribution in [3.8, 4) is 0 Å². The molecular formula is C22H22Br4N10O2. The molecule has 38 heavy (non-hydrogen) atoms. The van der Waals surface area contributed by atoms with E-state index < -0.39 is 11.8 Å². The Balaban J connectivity index is 1.62. The van der Waals surface area contributed by atoms with Crippen molar-refractivity contribution < 1.29 is 9.59 Å². The van der Waals surface area contributed by atoms with Gasteiger partial charge in [-0.3, -0.25) is 9.59 Å². The van der Waals surface area contributed by atoms with Gasteiger partial charge in [-0.1, -0.05) is 6.08 Å². The van der Waals surface area contributed by atoms with Gasteiger partial charge in [-0.15, -0.1) is 0 Å². The average Bonchev–Trinajstić information content (AvgIpc) is 3.63. The van der Waals surface area contributed by atoms with Crippen LogP contribution in [-0.4, -0.2) is 54.7 Å². The number of nitrogens with zero attached hydrogens (tertiary/aromatic N) is 2. The molecular weight excluding hydrogens is 756 g/mol. The summed E-state index contributed by atoms with van der Waals surface area (Å²) in [7, 11) is 0. The lowest BCUT2D eigenvalue weighted by Gasteiger charge is -2.23. The predicted octanol–water partition coefficient (Wildman–Crippen LogP) is 4.04. The summed E-state index contributed by atoms with van der Waals surface area (Å²) in [6.45, 7) is 0.223. The molecule has 0 aliphatic heterocycles. The molecule has 0 aliphatic rings. The molecule has 12 nitrogen and oxygen atoms in total. The highest BCUT2D eigenvalue weighted by Crippen LogP contribution is 2.36. The summed E-state index contributed by atoms with van der Waals surface area (Å²) < 4.78 is 2.75. The molecule has 0 radical (unpaired) electrons. The van der Waals surface area contributed by atoms with Gasteiger partial charge in [0.25, 0.3) is 5.91 Å². The molecule has 0 saturated heterocycles. The minimum Gasteiger partial charge on any atom is -0.369 e. The van der Waals surface area contributed by atoms with E-state index in [-0.39, 0.29) is 36.7 Å². The van der Waals surface area contributed by atoms with Crippen LogP contribution in [0.3, 0.4) is 0 Å². The second-order valence-corrected chi connectivity index (χ2v) is 11.4. The smallest absolute Gasteiger partial charge is 0.268 e. The second kappa shape index (κ2) is 12.0. The molecule has 200 valence electrons. The zero-order chi connectivity index (χ0) is 27.6. The number of amides is 1. The SMILES string of the molecule is NCC(C(=O)c1cc(Br)c(Br)[nH]1)C(c1cnc(N)[nH]1)c1[nH]c(N)nc1C=CCNC(=O)c1cc(Br)c(Br)[nH]1. The quantitative estimate of drug-likeness (QED) is 0.111. The van der Waals surface area contributed by atoms with Crippen LogP contribution in [0, 0.1) is 5.92 Å². The normalized spacial score (nSPS) is 13.2. The van der Waals surface area contributed by atoms with Crippen LogP contribution in [0.5, 0.6) is 0 Å². The Hall–Kier alpha value is -2.66. The molecule has 4 aromatic heterocycles. The maximum atomic E-state index is 13.6. The van der Waals surface area contributed by atoms with Crippen LogP contribution in [0.25, 0.3) is 6.08 Å². The number of hydrogen-bond acceptors (Lipinski definition) is 7. The summed E-state index contributed by atoms with van der Waals surface area (Å²) in [5.74, 6) is -1.54. The van der Waals surface area contributed by atoms with Gasteiger partial charge in [-0.25, -0.2) is 9.97 Å². The molecule has 2 atom stereocenters. The predicted molar refractivity (Wildman–Crippen MR) is 158 cm³/mol. The Morgan fingerprint density at radius 3 is 2.18 bits per heavy atom. The van der Waals surface area contributed by atoms with Gasteiger partial charge in [0.15, 0.2) is 17.7 Å². The molecule has 0 bridgehead atoms. The van der Waals surface area contributed by atoms with Gasteiger partial charge in [0, 0.05) is 18.8 Å². The lowest BCUT2D eigenvalue weighted by atomic mass is 9.82. The average molecular weight is 778 g/mol. The molecule has 4 aromatic rings. The van der Waals surface area contributed by atoms with E-state index in [0.29, 0.717) is 42.1 Å². The van der Waals surface area contributed by atoms with Crippen molar-refractivity contribution in [2.75, 3.05) is 24.6 Å². The van der Waals surface area contributed by atoms with E-state index in [1.165, 1.54) is 0 Å². The number of nitrogen functional groups attached to an aromatic ring is 2. The van der Waals surface area contributed by atoms with E-state index in [9.17, 15) is 9.59 Å². The Kier molecular flexibility index (Phi) is 8.97. The number of imidazole rings is 2. The van der Waals surface area contributed by atoms with Crippen molar-refractivity contribution in [1.29, 1.82) is 0 Å². The molecule has 16 heteroatoms. The number of aromatic nitrogens is 6. The van der Waals surface area contributed by atoms with Gasteiger partial charge < -0.3 is 42.5 Å². The van der Waals surface area contributed by atoms with Crippen LogP contribution in [-0.2, 0) is 0 Å².